The number of nitrogens with zero attached hydrogens (tertiary/aromatic N) is 4. The molecule has 9 heteroatoms. The average molecular weight is 474 g/mol. The van der Waals surface area contributed by atoms with Crippen LogP contribution in [0, 0.1) is 6.01 Å². The van der Waals surface area contributed by atoms with Gasteiger partial charge in [0, 0.05) is 37.4 Å². The molecule has 0 unspecified atom stereocenters. The summed E-state index contributed by atoms with van der Waals surface area (Å²) in [4.78, 5) is 25.6. The van der Waals surface area contributed by atoms with E-state index in [9.17, 15) is 9.18 Å². The Hall–Kier alpha value is -4.40. The number of nitrogens with one attached hydrogen (secondary N) is 1. The number of methoxy groups -OCH3 is 1. The van der Waals surface area contributed by atoms with Crippen LogP contribution in [0.25, 0.3) is 11.5 Å². The second-order valence-corrected chi connectivity index (χ2v) is 8.04. The normalized spacial score (nSPS) is 13.5. The summed E-state index contributed by atoms with van der Waals surface area (Å²) in [5.41, 5.74) is 1.79. The molecule has 4 aromatic rings. The van der Waals surface area contributed by atoms with Crippen molar-refractivity contribution >= 4 is 23.1 Å². The summed E-state index contributed by atoms with van der Waals surface area (Å²) in [6.07, 6.45) is 1.55. The van der Waals surface area contributed by atoms with E-state index < -0.39 is 17.6 Å². The Morgan fingerprint density at radius 3 is 2.34 bits per heavy atom. The number of aromatic nitrogens is 2. The molecular weight excluding hydrogens is 449 g/mol. The molecule has 1 amide bonds. The van der Waals surface area contributed by atoms with Gasteiger partial charge in [0.15, 0.2) is 0 Å². The second kappa shape index (κ2) is 9.84. The number of hydrogen-bond acceptors (Lipinski definition) is 7. The van der Waals surface area contributed by atoms with Crippen molar-refractivity contribution in [3.63, 3.8) is 0 Å². The fourth-order valence-electron chi connectivity index (χ4n) is 3.97. The van der Waals surface area contributed by atoms with Crippen LogP contribution in [0.1, 0.15) is 10.5 Å². The first-order valence-corrected chi connectivity index (χ1v) is 11.2. The molecule has 2 aromatic carbocycles. The fraction of sp³-hybridized carbons (Fsp3) is 0.192. The molecule has 35 heavy (non-hydrogen) atoms. The number of ether oxygens (including phenoxy) is 1. The molecule has 8 nitrogen and oxygen atoms in total. The first kappa shape index (κ1) is 22.4. The Kier molecular flexibility index (Phi) is 6.30. The molecule has 0 spiro atoms. The molecule has 178 valence electrons. The molecule has 2 aromatic heterocycles. The minimum absolute atomic E-state index is 0.0514. The van der Waals surface area contributed by atoms with Crippen molar-refractivity contribution in [2.24, 2.45) is 0 Å². The van der Waals surface area contributed by atoms with Gasteiger partial charge in [-0.15, -0.1) is 0 Å². The Bertz CT molecular complexity index is 1290. The molecule has 0 bridgehead atoms. The number of carbonyl (C=O) groups is 1. The van der Waals surface area contributed by atoms with Gasteiger partial charge in [0.1, 0.15) is 11.6 Å². The quantitative estimate of drug-likeness (QED) is 0.443. The Labute approximate surface area is 202 Å². The van der Waals surface area contributed by atoms with Crippen molar-refractivity contribution in [2.45, 2.75) is 0 Å². The van der Waals surface area contributed by atoms with E-state index in [4.69, 9.17) is 9.15 Å². The molecule has 0 atom stereocenters. The minimum Gasteiger partial charge on any atom is -0.497 e. The molecule has 5 rings (SSSR count). The standard InChI is InChI=1S/C26H24FN5O3/c1-34-21-10-8-20(9-11-21)31-13-15-32(16-14-31)22-12-7-19(17-28-22)29-25(33)23-24(27)35-26(30-23)18-5-3-2-4-6-18/h2-12,17H,13-16H2,1H3,(H,29,33). The van der Waals surface area contributed by atoms with Gasteiger partial charge < -0.3 is 24.3 Å². The first-order chi connectivity index (χ1) is 17.1. The van der Waals surface area contributed by atoms with Gasteiger partial charge in [-0.25, -0.2) is 9.97 Å². The third-order valence-electron chi connectivity index (χ3n) is 5.87. The predicted octanol–water partition coefficient (Wildman–Crippen LogP) is 4.46. The molecule has 3 heterocycles. The number of anilines is 3. The van der Waals surface area contributed by atoms with E-state index in [-0.39, 0.29) is 5.89 Å². The van der Waals surface area contributed by atoms with Crippen LogP contribution in [0.2, 0.25) is 0 Å². The van der Waals surface area contributed by atoms with Gasteiger partial charge >= 0.3 is 6.01 Å². The summed E-state index contributed by atoms with van der Waals surface area (Å²) in [6, 6.07) is 19.4. The van der Waals surface area contributed by atoms with Crippen molar-refractivity contribution in [2.75, 3.05) is 48.4 Å². The average Bonchev–Trinajstić information content (AvgIpc) is 3.31. The molecule has 1 aliphatic rings. The zero-order chi connectivity index (χ0) is 24.2. The van der Waals surface area contributed by atoms with Crippen LogP contribution < -0.4 is 19.9 Å². The maximum Gasteiger partial charge on any atom is 0.311 e. The summed E-state index contributed by atoms with van der Waals surface area (Å²) in [7, 11) is 1.66. The third-order valence-corrected chi connectivity index (χ3v) is 5.87. The maximum absolute atomic E-state index is 14.2. The summed E-state index contributed by atoms with van der Waals surface area (Å²) >= 11 is 0. The Morgan fingerprint density at radius 2 is 1.69 bits per heavy atom. The summed E-state index contributed by atoms with van der Waals surface area (Å²) < 4.78 is 24.5. The number of halogens is 1. The highest BCUT2D eigenvalue weighted by molar-refractivity contribution is 6.03. The highest BCUT2D eigenvalue weighted by atomic mass is 19.1. The lowest BCUT2D eigenvalue weighted by molar-refractivity contribution is 0.101. The number of rotatable bonds is 6. The van der Waals surface area contributed by atoms with Crippen LogP contribution in [0.3, 0.4) is 0 Å². The van der Waals surface area contributed by atoms with E-state index in [0.29, 0.717) is 11.3 Å². The van der Waals surface area contributed by atoms with Crippen molar-refractivity contribution in [1.82, 2.24) is 9.97 Å². The maximum atomic E-state index is 14.2. The van der Waals surface area contributed by atoms with Crippen LogP contribution in [0.4, 0.5) is 21.6 Å². The minimum atomic E-state index is -1.03. The highest BCUT2D eigenvalue weighted by Gasteiger charge is 2.22. The van der Waals surface area contributed by atoms with E-state index in [1.807, 2.05) is 24.3 Å². The van der Waals surface area contributed by atoms with E-state index in [1.54, 1.807) is 43.6 Å². The predicted molar refractivity (Wildman–Crippen MR) is 132 cm³/mol. The molecular formula is C26H24FN5O3. The first-order valence-electron chi connectivity index (χ1n) is 11.2. The second-order valence-electron chi connectivity index (χ2n) is 8.04. The molecule has 1 aliphatic heterocycles. The SMILES string of the molecule is COc1ccc(N2CCN(c3ccc(NC(=O)c4nc(-c5ccccc5)oc4F)cn3)CC2)cc1. The topological polar surface area (TPSA) is 83.7 Å². The molecule has 0 radical (unpaired) electrons. The zero-order valence-corrected chi connectivity index (χ0v) is 19.1. The van der Waals surface area contributed by atoms with Crippen molar-refractivity contribution < 1.29 is 18.3 Å². The molecule has 1 N–H and O–H groups in total. The van der Waals surface area contributed by atoms with Crippen molar-refractivity contribution in [3.05, 3.63) is 84.6 Å². The van der Waals surface area contributed by atoms with Gasteiger partial charge in [-0.2, -0.15) is 4.39 Å². The van der Waals surface area contributed by atoms with E-state index in [1.165, 1.54) is 0 Å². The van der Waals surface area contributed by atoms with Gasteiger partial charge in [-0.05, 0) is 48.5 Å². The van der Waals surface area contributed by atoms with Crippen molar-refractivity contribution in [1.29, 1.82) is 0 Å². The van der Waals surface area contributed by atoms with Gasteiger partial charge in [0.25, 0.3) is 5.91 Å². The molecule has 1 fully saturated rings. The lowest BCUT2D eigenvalue weighted by atomic mass is 10.2. The smallest absolute Gasteiger partial charge is 0.311 e. The van der Waals surface area contributed by atoms with Crippen LogP contribution in [-0.2, 0) is 0 Å². The van der Waals surface area contributed by atoms with Gasteiger partial charge in [-0.1, -0.05) is 18.2 Å². The Morgan fingerprint density at radius 1 is 0.971 bits per heavy atom. The third kappa shape index (κ3) is 4.93. The highest BCUT2D eigenvalue weighted by Crippen LogP contribution is 2.24. The summed E-state index contributed by atoms with van der Waals surface area (Å²) in [5.74, 6) is 1.01. The largest absolute Gasteiger partial charge is 0.497 e. The van der Waals surface area contributed by atoms with E-state index in [2.05, 4.69) is 37.2 Å². The number of pyridine rings is 1. The Balaban J connectivity index is 1.19. The molecule has 0 saturated carbocycles. The van der Waals surface area contributed by atoms with Gasteiger partial charge in [-0.3, -0.25) is 4.79 Å². The van der Waals surface area contributed by atoms with Gasteiger partial charge in [0.2, 0.25) is 11.6 Å². The lowest BCUT2D eigenvalue weighted by Gasteiger charge is -2.36. The number of hydrogen-bond donors (Lipinski definition) is 1. The molecule has 0 aliphatic carbocycles. The zero-order valence-electron chi connectivity index (χ0n) is 19.1. The monoisotopic (exact) mass is 473 g/mol. The van der Waals surface area contributed by atoms with Crippen LogP contribution in [0.5, 0.6) is 5.75 Å². The summed E-state index contributed by atoms with van der Waals surface area (Å²) in [5, 5.41) is 2.63. The van der Waals surface area contributed by atoms with Crippen LogP contribution >= 0.6 is 0 Å². The van der Waals surface area contributed by atoms with Gasteiger partial charge in [0.05, 0.1) is 19.0 Å². The lowest BCUT2D eigenvalue weighted by Crippen LogP contribution is -2.46. The fourth-order valence-corrected chi connectivity index (χ4v) is 3.97. The number of benzene rings is 2. The molecule has 1 saturated heterocycles. The summed E-state index contributed by atoms with van der Waals surface area (Å²) in [6.45, 7) is 3.36. The number of piperazine rings is 1. The van der Waals surface area contributed by atoms with Crippen LogP contribution in [0.15, 0.2) is 77.3 Å². The van der Waals surface area contributed by atoms with E-state index >= 15 is 0 Å². The van der Waals surface area contributed by atoms with Crippen molar-refractivity contribution in [3.8, 4) is 17.2 Å². The number of carbonyl (C=O) groups excluding carboxylic acids is 1. The van der Waals surface area contributed by atoms with E-state index in [0.717, 1.165) is 43.4 Å². The number of amides is 1. The van der Waals surface area contributed by atoms with Crippen LogP contribution in [-0.4, -0.2) is 49.2 Å². The number of oxazole rings is 1.